The largest absolute Gasteiger partial charge is 0.374 e. The van der Waals surface area contributed by atoms with Crippen LogP contribution in [0.15, 0.2) is 4.99 Å². The van der Waals surface area contributed by atoms with Crippen LogP contribution in [0.2, 0.25) is 0 Å². The van der Waals surface area contributed by atoms with Crippen molar-refractivity contribution in [3.05, 3.63) is 0 Å². The summed E-state index contributed by atoms with van der Waals surface area (Å²) in [4.78, 5) is 4.59. The average Bonchev–Trinajstić information content (AvgIpc) is 2.63. The molecule has 0 aromatic carbocycles. The molecule has 0 amide bonds. The fourth-order valence-electron chi connectivity index (χ4n) is 1.56. The summed E-state index contributed by atoms with van der Waals surface area (Å²) in [6.07, 6.45) is 0. The Morgan fingerprint density at radius 1 is 1.56 bits per heavy atom. The Labute approximate surface area is 103 Å². The van der Waals surface area contributed by atoms with Gasteiger partial charge in [-0.05, 0) is 26.7 Å². The highest BCUT2D eigenvalue weighted by Crippen LogP contribution is 2.20. The van der Waals surface area contributed by atoms with Crippen LogP contribution in [0.5, 0.6) is 0 Å². The molecule has 0 radical (unpaired) electrons. The van der Waals surface area contributed by atoms with Gasteiger partial charge in [-0.15, -0.1) is 0 Å². The van der Waals surface area contributed by atoms with Gasteiger partial charge in [0.2, 0.25) is 0 Å². The summed E-state index contributed by atoms with van der Waals surface area (Å²) >= 11 is 1.82. The summed E-state index contributed by atoms with van der Waals surface area (Å²) in [5, 5.41) is 4.54. The number of hydrogen-bond acceptors (Lipinski definition) is 3. The van der Waals surface area contributed by atoms with E-state index in [1.165, 1.54) is 0 Å². The molecule has 1 N–H and O–H groups in total. The molecule has 1 rings (SSSR count). The predicted octanol–water partition coefficient (Wildman–Crippen LogP) is 2.52. The third-order valence-corrected chi connectivity index (χ3v) is 3.70. The molecule has 16 heavy (non-hydrogen) atoms. The van der Waals surface area contributed by atoms with Crippen LogP contribution in [0.25, 0.3) is 0 Å². The van der Waals surface area contributed by atoms with Crippen molar-refractivity contribution in [1.29, 1.82) is 0 Å². The van der Waals surface area contributed by atoms with Gasteiger partial charge in [0.1, 0.15) is 0 Å². The molecule has 1 unspecified atom stereocenters. The van der Waals surface area contributed by atoms with Crippen molar-refractivity contribution in [2.45, 2.75) is 46.3 Å². The fraction of sp³-hybridized carbons (Fsp3) is 0.917. The minimum Gasteiger partial charge on any atom is -0.374 e. The smallest absolute Gasteiger partial charge is 0.156 e. The molecule has 3 nitrogen and oxygen atoms in total. The van der Waals surface area contributed by atoms with Crippen LogP contribution in [-0.4, -0.2) is 35.7 Å². The molecule has 1 fully saturated rings. The zero-order valence-electron chi connectivity index (χ0n) is 11.0. The predicted molar refractivity (Wildman–Crippen MR) is 72.2 cm³/mol. The van der Waals surface area contributed by atoms with Crippen LogP contribution in [0.1, 0.15) is 34.6 Å². The van der Waals surface area contributed by atoms with E-state index in [2.05, 4.69) is 38.0 Å². The number of nitrogens with zero attached hydrogens (tertiary/aromatic N) is 1. The molecule has 0 spiro atoms. The van der Waals surface area contributed by atoms with Crippen LogP contribution >= 0.6 is 11.8 Å². The number of thioether (sulfide) groups is 1. The molecule has 0 bridgehead atoms. The number of ether oxygens (including phenoxy) is 1. The first-order chi connectivity index (χ1) is 7.44. The number of hydrogen-bond donors (Lipinski definition) is 1. The Balaban J connectivity index is 2.42. The SMILES string of the molecule is CCOC(C)(C)CN=C1NC(C(C)C)CS1. The van der Waals surface area contributed by atoms with Crippen molar-refractivity contribution in [2.24, 2.45) is 10.9 Å². The first-order valence-corrected chi connectivity index (χ1v) is 7.01. The summed E-state index contributed by atoms with van der Waals surface area (Å²) < 4.78 is 5.62. The molecule has 0 aromatic heterocycles. The maximum Gasteiger partial charge on any atom is 0.156 e. The van der Waals surface area contributed by atoms with Gasteiger partial charge in [-0.2, -0.15) is 0 Å². The summed E-state index contributed by atoms with van der Waals surface area (Å²) in [5.41, 5.74) is -0.153. The third kappa shape index (κ3) is 4.34. The summed E-state index contributed by atoms with van der Waals surface area (Å²) in [6, 6.07) is 0.568. The van der Waals surface area contributed by atoms with Crippen molar-refractivity contribution in [3.8, 4) is 0 Å². The number of amidine groups is 1. The van der Waals surface area contributed by atoms with Crippen LogP contribution < -0.4 is 5.32 Å². The zero-order chi connectivity index (χ0) is 12.2. The lowest BCUT2D eigenvalue weighted by molar-refractivity contribution is -0.00208. The molecule has 0 aliphatic carbocycles. The second-order valence-electron chi connectivity index (χ2n) is 5.12. The van der Waals surface area contributed by atoms with E-state index in [1.807, 2.05) is 18.7 Å². The molecular formula is C12H24N2OS. The van der Waals surface area contributed by atoms with Crippen LogP contribution in [-0.2, 0) is 4.74 Å². The van der Waals surface area contributed by atoms with Gasteiger partial charge in [0, 0.05) is 18.4 Å². The quantitative estimate of drug-likeness (QED) is 0.807. The van der Waals surface area contributed by atoms with E-state index in [1.54, 1.807) is 0 Å². The Morgan fingerprint density at radius 3 is 2.75 bits per heavy atom. The van der Waals surface area contributed by atoms with Gasteiger partial charge in [0.05, 0.1) is 12.1 Å². The van der Waals surface area contributed by atoms with Crippen molar-refractivity contribution in [2.75, 3.05) is 18.9 Å². The monoisotopic (exact) mass is 244 g/mol. The van der Waals surface area contributed by atoms with E-state index in [4.69, 9.17) is 4.74 Å². The van der Waals surface area contributed by atoms with Gasteiger partial charge in [-0.1, -0.05) is 25.6 Å². The van der Waals surface area contributed by atoms with Crippen LogP contribution in [0, 0.1) is 5.92 Å². The maximum absolute atomic E-state index is 5.62. The maximum atomic E-state index is 5.62. The lowest BCUT2D eigenvalue weighted by atomic mass is 10.1. The third-order valence-electron chi connectivity index (χ3n) is 2.65. The molecule has 1 heterocycles. The minimum atomic E-state index is -0.153. The summed E-state index contributed by atoms with van der Waals surface area (Å²) in [7, 11) is 0. The van der Waals surface area contributed by atoms with Crippen molar-refractivity contribution < 1.29 is 4.74 Å². The minimum absolute atomic E-state index is 0.153. The van der Waals surface area contributed by atoms with Gasteiger partial charge in [0.25, 0.3) is 0 Å². The number of nitrogens with one attached hydrogen (secondary N) is 1. The van der Waals surface area contributed by atoms with Gasteiger partial charge >= 0.3 is 0 Å². The van der Waals surface area contributed by atoms with E-state index in [0.29, 0.717) is 12.0 Å². The highest BCUT2D eigenvalue weighted by Gasteiger charge is 2.24. The van der Waals surface area contributed by atoms with Gasteiger partial charge in [-0.3, -0.25) is 4.99 Å². The van der Waals surface area contributed by atoms with E-state index in [0.717, 1.165) is 24.1 Å². The molecule has 1 aliphatic rings. The lowest BCUT2D eigenvalue weighted by Crippen LogP contribution is -2.33. The molecule has 0 aromatic rings. The second-order valence-corrected chi connectivity index (χ2v) is 6.13. The number of rotatable bonds is 5. The topological polar surface area (TPSA) is 33.6 Å². The normalized spacial score (nSPS) is 24.1. The molecule has 0 saturated carbocycles. The van der Waals surface area contributed by atoms with Crippen LogP contribution in [0.4, 0.5) is 0 Å². The molecular weight excluding hydrogens is 220 g/mol. The van der Waals surface area contributed by atoms with Crippen LogP contribution in [0.3, 0.4) is 0 Å². The second kappa shape index (κ2) is 5.92. The Hall–Kier alpha value is -0.220. The highest BCUT2D eigenvalue weighted by molar-refractivity contribution is 8.14. The Morgan fingerprint density at radius 2 is 2.25 bits per heavy atom. The van der Waals surface area contributed by atoms with Gasteiger partial charge in [-0.25, -0.2) is 0 Å². The molecule has 1 aliphatic heterocycles. The first kappa shape index (κ1) is 13.8. The Bertz CT molecular complexity index is 251. The average molecular weight is 244 g/mol. The van der Waals surface area contributed by atoms with E-state index in [-0.39, 0.29) is 5.60 Å². The first-order valence-electron chi connectivity index (χ1n) is 6.02. The molecule has 4 heteroatoms. The van der Waals surface area contributed by atoms with E-state index < -0.39 is 0 Å². The van der Waals surface area contributed by atoms with E-state index >= 15 is 0 Å². The van der Waals surface area contributed by atoms with Crippen molar-refractivity contribution in [1.82, 2.24) is 5.32 Å². The zero-order valence-corrected chi connectivity index (χ0v) is 11.9. The molecule has 1 saturated heterocycles. The number of aliphatic imine (C=N–C) groups is 1. The van der Waals surface area contributed by atoms with Gasteiger partial charge < -0.3 is 10.1 Å². The molecule has 1 atom stereocenters. The molecule has 94 valence electrons. The van der Waals surface area contributed by atoms with E-state index in [9.17, 15) is 0 Å². The fourth-order valence-corrected chi connectivity index (χ4v) is 2.76. The van der Waals surface area contributed by atoms with Crippen molar-refractivity contribution in [3.63, 3.8) is 0 Å². The standard InChI is InChI=1S/C12H24N2OS/c1-6-15-12(4,5)8-13-11-14-10(7-16-11)9(2)3/h9-10H,6-8H2,1-5H3,(H,13,14). The van der Waals surface area contributed by atoms with Gasteiger partial charge in [0.15, 0.2) is 5.17 Å². The Kier molecular flexibility index (Phi) is 5.12. The summed E-state index contributed by atoms with van der Waals surface area (Å²) in [5.74, 6) is 1.80. The van der Waals surface area contributed by atoms with Crippen molar-refractivity contribution >= 4 is 16.9 Å². The lowest BCUT2D eigenvalue weighted by Gasteiger charge is -2.22. The summed E-state index contributed by atoms with van der Waals surface area (Å²) in [6.45, 7) is 12.1. The highest BCUT2D eigenvalue weighted by atomic mass is 32.2.